The predicted molar refractivity (Wildman–Crippen MR) is 76.5 cm³/mol. The predicted octanol–water partition coefficient (Wildman–Crippen LogP) is 2.45. The first-order valence-electron chi connectivity index (χ1n) is 7.53. The first-order valence-corrected chi connectivity index (χ1v) is 7.53. The zero-order valence-electron chi connectivity index (χ0n) is 12.5. The summed E-state index contributed by atoms with van der Waals surface area (Å²) in [6, 6.07) is 2.62. The maximum atomic E-state index is 12.2. The summed E-state index contributed by atoms with van der Waals surface area (Å²) in [6.45, 7) is 6.43. The van der Waals surface area contributed by atoms with Gasteiger partial charge < -0.3 is 5.32 Å². The SMILES string of the molecule is CCCC(C)NC(=O)C(C)N(CC#N)C1CCCC1. The Labute approximate surface area is 117 Å². The summed E-state index contributed by atoms with van der Waals surface area (Å²) < 4.78 is 0. The van der Waals surface area contributed by atoms with Crippen LogP contribution in [0.3, 0.4) is 0 Å². The lowest BCUT2D eigenvalue weighted by Gasteiger charge is -2.32. The summed E-state index contributed by atoms with van der Waals surface area (Å²) in [7, 11) is 0. The summed E-state index contributed by atoms with van der Waals surface area (Å²) in [5.74, 6) is 0.0584. The van der Waals surface area contributed by atoms with Crippen molar-refractivity contribution in [1.29, 1.82) is 5.26 Å². The topological polar surface area (TPSA) is 56.1 Å². The molecule has 4 nitrogen and oxygen atoms in total. The number of carbonyl (C=O) groups excluding carboxylic acids is 1. The molecule has 1 aliphatic carbocycles. The molecule has 1 saturated carbocycles. The molecular weight excluding hydrogens is 238 g/mol. The van der Waals surface area contributed by atoms with Crippen molar-refractivity contribution in [3.8, 4) is 6.07 Å². The Morgan fingerprint density at radius 3 is 2.58 bits per heavy atom. The van der Waals surface area contributed by atoms with Crippen LogP contribution in [0.15, 0.2) is 0 Å². The highest BCUT2D eigenvalue weighted by atomic mass is 16.2. The molecule has 1 fully saturated rings. The van der Waals surface area contributed by atoms with Crippen LogP contribution in [0.2, 0.25) is 0 Å². The molecule has 2 unspecified atom stereocenters. The van der Waals surface area contributed by atoms with E-state index in [1.54, 1.807) is 0 Å². The zero-order valence-corrected chi connectivity index (χ0v) is 12.5. The molecule has 108 valence electrons. The average molecular weight is 265 g/mol. The number of carbonyl (C=O) groups is 1. The van der Waals surface area contributed by atoms with Crippen molar-refractivity contribution in [3.05, 3.63) is 0 Å². The molecule has 0 spiro atoms. The second-order valence-electron chi connectivity index (χ2n) is 5.64. The molecule has 19 heavy (non-hydrogen) atoms. The highest BCUT2D eigenvalue weighted by Gasteiger charge is 2.30. The van der Waals surface area contributed by atoms with Gasteiger partial charge in [0.2, 0.25) is 5.91 Å². The van der Waals surface area contributed by atoms with E-state index in [4.69, 9.17) is 5.26 Å². The fourth-order valence-corrected chi connectivity index (χ4v) is 2.92. The molecule has 4 heteroatoms. The number of nitriles is 1. The number of rotatable bonds is 7. The van der Waals surface area contributed by atoms with Crippen LogP contribution in [0.25, 0.3) is 0 Å². The van der Waals surface area contributed by atoms with Gasteiger partial charge in [-0.25, -0.2) is 0 Å². The van der Waals surface area contributed by atoms with Crippen LogP contribution < -0.4 is 5.32 Å². The van der Waals surface area contributed by atoms with Crippen molar-refractivity contribution in [2.45, 2.75) is 77.4 Å². The van der Waals surface area contributed by atoms with Gasteiger partial charge in [-0.3, -0.25) is 9.69 Å². The minimum absolute atomic E-state index is 0.0584. The molecule has 0 aromatic heterocycles. The van der Waals surface area contributed by atoms with Gasteiger partial charge in [0.15, 0.2) is 0 Å². The second kappa shape index (κ2) is 8.16. The molecule has 0 heterocycles. The van der Waals surface area contributed by atoms with Gasteiger partial charge in [0, 0.05) is 12.1 Å². The Kier molecular flexibility index (Phi) is 6.86. The van der Waals surface area contributed by atoms with Crippen LogP contribution in [0.1, 0.15) is 59.3 Å². The molecule has 0 aromatic rings. The lowest BCUT2D eigenvalue weighted by atomic mass is 10.1. The third kappa shape index (κ3) is 4.83. The standard InChI is InChI=1S/C15H27N3O/c1-4-7-12(2)17-15(19)13(3)18(11-10-16)14-8-5-6-9-14/h12-14H,4-9,11H2,1-3H3,(H,17,19). The van der Waals surface area contributed by atoms with Crippen LogP contribution in [0, 0.1) is 11.3 Å². The van der Waals surface area contributed by atoms with E-state index >= 15 is 0 Å². The molecule has 1 N–H and O–H groups in total. The van der Waals surface area contributed by atoms with Gasteiger partial charge in [-0.15, -0.1) is 0 Å². The summed E-state index contributed by atoms with van der Waals surface area (Å²) >= 11 is 0. The number of nitrogens with one attached hydrogen (secondary N) is 1. The minimum atomic E-state index is -0.206. The Morgan fingerprint density at radius 2 is 2.05 bits per heavy atom. The summed E-state index contributed by atoms with van der Waals surface area (Å²) in [4.78, 5) is 14.3. The van der Waals surface area contributed by atoms with Crippen molar-refractivity contribution in [3.63, 3.8) is 0 Å². The van der Waals surface area contributed by atoms with E-state index in [0.717, 1.165) is 25.7 Å². The Morgan fingerprint density at radius 1 is 1.42 bits per heavy atom. The van der Waals surface area contributed by atoms with E-state index in [0.29, 0.717) is 12.6 Å². The highest BCUT2D eigenvalue weighted by molar-refractivity contribution is 5.81. The molecule has 0 radical (unpaired) electrons. The molecule has 2 atom stereocenters. The number of amides is 1. The van der Waals surface area contributed by atoms with E-state index in [1.807, 2.05) is 13.8 Å². The first-order chi connectivity index (χ1) is 9.10. The van der Waals surface area contributed by atoms with Crippen LogP contribution in [-0.2, 0) is 4.79 Å². The first kappa shape index (κ1) is 16.0. The quantitative estimate of drug-likeness (QED) is 0.719. The van der Waals surface area contributed by atoms with Gasteiger partial charge in [-0.05, 0) is 33.1 Å². The second-order valence-corrected chi connectivity index (χ2v) is 5.64. The molecule has 1 rings (SSSR count). The van der Waals surface area contributed by atoms with Gasteiger partial charge >= 0.3 is 0 Å². The Balaban J connectivity index is 2.57. The monoisotopic (exact) mass is 265 g/mol. The Bertz CT molecular complexity index is 318. The molecule has 0 saturated heterocycles. The van der Waals surface area contributed by atoms with Crippen molar-refractivity contribution < 1.29 is 4.79 Å². The third-order valence-electron chi connectivity index (χ3n) is 4.03. The smallest absolute Gasteiger partial charge is 0.237 e. The summed E-state index contributed by atoms with van der Waals surface area (Å²) in [6.07, 6.45) is 6.73. The van der Waals surface area contributed by atoms with Crippen molar-refractivity contribution in [1.82, 2.24) is 10.2 Å². The molecular formula is C15H27N3O. The van der Waals surface area contributed by atoms with Crippen LogP contribution in [0.5, 0.6) is 0 Å². The van der Waals surface area contributed by atoms with Crippen LogP contribution in [0.4, 0.5) is 0 Å². The lowest BCUT2D eigenvalue weighted by molar-refractivity contribution is -0.127. The maximum absolute atomic E-state index is 12.2. The number of hydrogen-bond acceptors (Lipinski definition) is 3. The fourth-order valence-electron chi connectivity index (χ4n) is 2.92. The largest absolute Gasteiger partial charge is 0.352 e. The maximum Gasteiger partial charge on any atom is 0.237 e. The molecule has 0 aliphatic heterocycles. The lowest BCUT2D eigenvalue weighted by Crippen LogP contribution is -2.50. The molecule has 1 amide bonds. The fraction of sp³-hybridized carbons (Fsp3) is 0.867. The van der Waals surface area contributed by atoms with Crippen molar-refractivity contribution in [2.75, 3.05) is 6.54 Å². The number of hydrogen-bond donors (Lipinski definition) is 1. The molecule has 0 aromatic carbocycles. The van der Waals surface area contributed by atoms with Crippen LogP contribution >= 0.6 is 0 Å². The van der Waals surface area contributed by atoms with Gasteiger partial charge in [0.25, 0.3) is 0 Å². The van der Waals surface area contributed by atoms with Crippen molar-refractivity contribution in [2.24, 2.45) is 0 Å². The Hall–Kier alpha value is -1.08. The van der Waals surface area contributed by atoms with E-state index < -0.39 is 0 Å². The van der Waals surface area contributed by atoms with E-state index in [-0.39, 0.29) is 18.0 Å². The normalized spacial score (nSPS) is 19.1. The molecule has 0 bridgehead atoms. The van der Waals surface area contributed by atoms with E-state index in [1.165, 1.54) is 12.8 Å². The van der Waals surface area contributed by atoms with Gasteiger partial charge in [0.1, 0.15) is 0 Å². The summed E-state index contributed by atoms with van der Waals surface area (Å²) in [5, 5.41) is 12.0. The zero-order chi connectivity index (χ0) is 14.3. The van der Waals surface area contributed by atoms with Crippen molar-refractivity contribution >= 4 is 5.91 Å². The minimum Gasteiger partial charge on any atom is -0.352 e. The number of nitrogens with zero attached hydrogens (tertiary/aromatic N) is 2. The van der Waals surface area contributed by atoms with Gasteiger partial charge in [-0.2, -0.15) is 5.26 Å². The van der Waals surface area contributed by atoms with Crippen LogP contribution in [-0.4, -0.2) is 35.5 Å². The van der Waals surface area contributed by atoms with E-state index in [2.05, 4.69) is 23.2 Å². The highest BCUT2D eigenvalue weighted by Crippen LogP contribution is 2.24. The van der Waals surface area contributed by atoms with E-state index in [9.17, 15) is 4.79 Å². The van der Waals surface area contributed by atoms with Gasteiger partial charge in [0.05, 0.1) is 18.7 Å². The van der Waals surface area contributed by atoms with Gasteiger partial charge in [-0.1, -0.05) is 26.2 Å². The third-order valence-corrected chi connectivity index (χ3v) is 4.03. The summed E-state index contributed by atoms with van der Waals surface area (Å²) in [5.41, 5.74) is 0. The molecule has 1 aliphatic rings. The average Bonchev–Trinajstić information content (AvgIpc) is 2.88.